The van der Waals surface area contributed by atoms with E-state index < -0.39 is 17.2 Å². The molecular weight excluding hydrogens is 438 g/mol. The second-order valence-corrected chi connectivity index (χ2v) is 9.60. The van der Waals surface area contributed by atoms with Gasteiger partial charge in [0.25, 0.3) is 5.56 Å². The van der Waals surface area contributed by atoms with Gasteiger partial charge in [0, 0.05) is 22.1 Å². The summed E-state index contributed by atoms with van der Waals surface area (Å²) in [5.74, 6) is -0.688. The van der Waals surface area contributed by atoms with Crippen molar-refractivity contribution in [1.82, 2.24) is 9.55 Å². The Morgan fingerprint density at radius 2 is 2.03 bits per heavy atom. The van der Waals surface area contributed by atoms with Crippen LogP contribution < -0.4 is 5.56 Å². The van der Waals surface area contributed by atoms with Crippen LogP contribution in [0.25, 0.3) is 22.3 Å². The molecule has 9 heteroatoms. The number of hydrogen-bond donors (Lipinski definition) is 2. The summed E-state index contributed by atoms with van der Waals surface area (Å²) in [6.07, 6.45) is 1.64. The molecule has 0 amide bonds. The number of rotatable bonds is 3. The number of benzene rings is 1. The number of ether oxygens (including phenoxy) is 1. The van der Waals surface area contributed by atoms with E-state index in [1.165, 1.54) is 6.07 Å². The zero-order chi connectivity index (χ0) is 24.4. The lowest BCUT2D eigenvalue weighted by atomic mass is 9.86. The van der Waals surface area contributed by atoms with Crippen molar-refractivity contribution in [3.05, 3.63) is 56.9 Å². The number of aliphatic hydroxyl groups is 1. The van der Waals surface area contributed by atoms with E-state index in [1.807, 2.05) is 20.8 Å². The minimum atomic E-state index is -1.89. The molecule has 1 aromatic carbocycles. The van der Waals surface area contributed by atoms with Crippen LogP contribution in [0.1, 0.15) is 56.4 Å². The number of nitrogens with zero attached hydrogens (tertiary/aromatic N) is 3. The molecule has 1 atom stereocenters. The van der Waals surface area contributed by atoms with Gasteiger partial charge in [-0.2, -0.15) is 0 Å². The SMILES string of the molecule is CC[C@@]1(O)C(=O)OCc2c1cc1n(c2=O)Cc2c-1nc1ccc(O)cc1c2C=NOC(C)(C)C. The number of carbonyl (C=O) groups is 1. The van der Waals surface area contributed by atoms with Gasteiger partial charge in [0.15, 0.2) is 5.60 Å². The van der Waals surface area contributed by atoms with Crippen molar-refractivity contribution in [2.24, 2.45) is 5.16 Å². The van der Waals surface area contributed by atoms with Crippen LogP contribution in [0.4, 0.5) is 0 Å². The molecule has 2 N–H and O–H groups in total. The smallest absolute Gasteiger partial charge is 0.343 e. The van der Waals surface area contributed by atoms with Gasteiger partial charge in [-0.15, -0.1) is 0 Å². The molecule has 3 aromatic rings. The minimum absolute atomic E-state index is 0.0705. The average Bonchev–Trinajstić information content (AvgIpc) is 3.14. The molecule has 5 rings (SSSR count). The number of fused-ring (bicyclic) bond motifs is 5. The van der Waals surface area contributed by atoms with Crippen LogP contribution in [-0.4, -0.2) is 37.5 Å². The molecule has 0 radical (unpaired) electrons. The Morgan fingerprint density at radius 1 is 1.26 bits per heavy atom. The first-order valence-electron chi connectivity index (χ1n) is 11.1. The van der Waals surface area contributed by atoms with Gasteiger partial charge in [-0.1, -0.05) is 12.1 Å². The lowest BCUT2D eigenvalue weighted by molar-refractivity contribution is -0.172. The summed E-state index contributed by atoms with van der Waals surface area (Å²) in [5, 5.41) is 26.0. The fourth-order valence-electron chi connectivity index (χ4n) is 4.48. The van der Waals surface area contributed by atoms with E-state index >= 15 is 0 Å². The van der Waals surface area contributed by atoms with Crippen molar-refractivity contribution < 1.29 is 24.6 Å². The molecule has 0 saturated heterocycles. The summed E-state index contributed by atoms with van der Waals surface area (Å²) < 4.78 is 6.69. The number of phenols is 1. The van der Waals surface area contributed by atoms with Crippen LogP contribution in [-0.2, 0) is 33.1 Å². The molecule has 0 bridgehead atoms. The van der Waals surface area contributed by atoms with E-state index in [4.69, 9.17) is 14.6 Å². The van der Waals surface area contributed by atoms with Gasteiger partial charge in [0.1, 0.15) is 18.0 Å². The van der Waals surface area contributed by atoms with Gasteiger partial charge >= 0.3 is 5.97 Å². The maximum Gasteiger partial charge on any atom is 0.343 e. The van der Waals surface area contributed by atoms with Gasteiger partial charge in [-0.25, -0.2) is 9.78 Å². The van der Waals surface area contributed by atoms with Crippen molar-refractivity contribution in [3.63, 3.8) is 0 Å². The number of pyridine rings is 2. The Balaban J connectivity index is 1.77. The van der Waals surface area contributed by atoms with Crippen LogP contribution in [0.3, 0.4) is 0 Å². The fraction of sp³-hybridized carbons (Fsp3) is 0.360. The maximum absolute atomic E-state index is 13.4. The highest BCUT2D eigenvalue weighted by Gasteiger charge is 2.45. The Labute approximate surface area is 195 Å². The number of carbonyl (C=O) groups excluding carboxylic acids is 1. The minimum Gasteiger partial charge on any atom is -0.508 e. The summed E-state index contributed by atoms with van der Waals surface area (Å²) >= 11 is 0. The molecular formula is C25H25N3O6. The van der Waals surface area contributed by atoms with E-state index in [2.05, 4.69) is 5.16 Å². The standard InChI is InChI=1S/C25H25N3O6/c1-5-25(32)18-9-20-21-16(11-28(20)22(30)17(18)12-33-23(25)31)15(10-26-34-24(2,3)4)14-8-13(29)6-7-19(14)27-21/h6-10,29,32H,5,11-12H2,1-4H3/t25-/m0/s1. The molecule has 9 nitrogen and oxygen atoms in total. The third-order valence-corrected chi connectivity index (χ3v) is 6.22. The molecule has 0 unspecified atom stereocenters. The highest BCUT2D eigenvalue weighted by molar-refractivity contribution is 6.02. The Bertz CT molecular complexity index is 1450. The molecule has 2 aromatic heterocycles. The summed E-state index contributed by atoms with van der Waals surface area (Å²) in [4.78, 5) is 36.1. The van der Waals surface area contributed by atoms with E-state index in [9.17, 15) is 19.8 Å². The molecule has 34 heavy (non-hydrogen) atoms. The van der Waals surface area contributed by atoms with E-state index in [1.54, 1.807) is 35.9 Å². The Hall–Kier alpha value is -3.72. The van der Waals surface area contributed by atoms with Crippen molar-refractivity contribution in [2.75, 3.05) is 0 Å². The van der Waals surface area contributed by atoms with Crippen LogP contribution in [0, 0.1) is 0 Å². The summed E-state index contributed by atoms with van der Waals surface area (Å²) in [6, 6.07) is 6.49. The highest BCUT2D eigenvalue weighted by Crippen LogP contribution is 2.40. The van der Waals surface area contributed by atoms with Crippen molar-refractivity contribution in [2.45, 2.75) is 58.5 Å². The summed E-state index contributed by atoms with van der Waals surface area (Å²) in [6.45, 7) is 7.32. The highest BCUT2D eigenvalue weighted by atomic mass is 16.6. The molecule has 4 heterocycles. The van der Waals surface area contributed by atoms with Gasteiger partial charge in [-0.3, -0.25) is 4.79 Å². The van der Waals surface area contributed by atoms with Crippen LogP contribution in [0.5, 0.6) is 5.75 Å². The number of oxime groups is 1. The zero-order valence-electron chi connectivity index (χ0n) is 19.4. The molecule has 2 aliphatic rings. The molecule has 0 aliphatic carbocycles. The monoisotopic (exact) mass is 463 g/mol. The first kappa shape index (κ1) is 22.1. The summed E-state index contributed by atoms with van der Waals surface area (Å²) in [5.41, 5.74) is 0.824. The number of cyclic esters (lactones) is 1. The lowest BCUT2D eigenvalue weighted by Gasteiger charge is -2.31. The number of phenolic OH excluding ortho intramolecular Hbond substituents is 1. The van der Waals surface area contributed by atoms with E-state index in [-0.39, 0.29) is 42.0 Å². The van der Waals surface area contributed by atoms with Crippen molar-refractivity contribution >= 4 is 23.1 Å². The first-order valence-corrected chi connectivity index (χ1v) is 11.1. The van der Waals surface area contributed by atoms with Crippen LogP contribution >= 0.6 is 0 Å². The number of esters is 1. The zero-order valence-corrected chi connectivity index (χ0v) is 19.4. The Kier molecular flexibility index (Phi) is 4.80. The molecule has 0 fully saturated rings. The van der Waals surface area contributed by atoms with Gasteiger partial charge in [-0.05, 0) is 51.5 Å². The normalized spacial score (nSPS) is 19.1. The second-order valence-electron chi connectivity index (χ2n) is 9.60. The second kappa shape index (κ2) is 7.39. The van der Waals surface area contributed by atoms with Crippen LogP contribution in [0.2, 0.25) is 0 Å². The Morgan fingerprint density at radius 3 is 2.74 bits per heavy atom. The third-order valence-electron chi connectivity index (χ3n) is 6.22. The molecule has 0 spiro atoms. The number of hydrogen-bond acceptors (Lipinski definition) is 8. The van der Waals surface area contributed by atoms with Crippen molar-refractivity contribution in [3.8, 4) is 17.1 Å². The molecule has 0 saturated carbocycles. The fourth-order valence-corrected chi connectivity index (χ4v) is 4.48. The first-order chi connectivity index (χ1) is 16.0. The largest absolute Gasteiger partial charge is 0.508 e. The maximum atomic E-state index is 13.4. The van der Waals surface area contributed by atoms with E-state index in [0.717, 1.165) is 5.56 Å². The number of aromatic hydroxyl groups is 1. The predicted octanol–water partition coefficient (Wildman–Crippen LogP) is 2.93. The van der Waals surface area contributed by atoms with Crippen molar-refractivity contribution in [1.29, 1.82) is 0 Å². The average molecular weight is 463 g/mol. The van der Waals surface area contributed by atoms with Gasteiger partial charge in [0.2, 0.25) is 0 Å². The predicted molar refractivity (Wildman–Crippen MR) is 125 cm³/mol. The summed E-state index contributed by atoms with van der Waals surface area (Å²) in [7, 11) is 0. The lowest BCUT2D eigenvalue weighted by Crippen LogP contribution is -2.44. The van der Waals surface area contributed by atoms with Crippen LogP contribution in [0.15, 0.2) is 34.2 Å². The number of aromatic nitrogens is 2. The van der Waals surface area contributed by atoms with Gasteiger partial charge < -0.3 is 24.4 Å². The molecule has 2 aliphatic heterocycles. The quantitative estimate of drug-likeness (QED) is 0.272. The topological polar surface area (TPSA) is 123 Å². The molecule has 176 valence electrons. The third kappa shape index (κ3) is 3.27. The van der Waals surface area contributed by atoms with E-state index in [0.29, 0.717) is 27.9 Å². The van der Waals surface area contributed by atoms with Gasteiger partial charge in [0.05, 0.1) is 35.2 Å².